The van der Waals surface area contributed by atoms with Gasteiger partial charge in [0.25, 0.3) is 0 Å². The molecule has 1 rings (SSSR count). The first-order valence-corrected chi connectivity index (χ1v) is 6.26. The molecule has 0 aliphatic carbocycles. The Kier molecular flexibility index (Phi) is 5.58. The molecule has 3 unspecified atom stereocenters. The molecule has 3 atom stereocenters. The fraction of sp³-hybridized carbons (Fsp3) is 1.00. The zero-order valence-electron chi connectivity index (χ0n) is 10.4. The van der Waals surface area contributed by atoms with Gasteiger partial charge in [0.2, 0.25) is 0 Å². The van der Waals surface area contributed by atoms with Crippen molar-refractivity contribution in [1.82, 2.24) is 4.90 Å². The van der Waals surface area contributed by atoms with Crippen molar-refractivity contribution >= 4 is 0 Å². The van der Waals surface area contributed by atoms with Crippen molar-refractivity contribution in [3.8, 4) is 0 Å². The number of hydrogen-bond donors (Lipinski definition) is 1. The first-order valence-electron chi connectivity index (χ1n) is 6.26. The highest BCUT2D eigenvalue weighted by Crippen LogP contribution is 2.15. The highest BCUT2D eigenvalue weighted by Gasteiger charge is 2.27. The molecule has 0 bridgehead atoms. The molecule has 1 saturated heterocycles. The Bertz CT molecular complexity index is 175. The summed E-state index contributed by atoms with van der Waals surface area (Å²) in [7, 11) is 0. The molecule has 1 aliphatic heterocycles. The third-order valence-corrected chi connectivity index (χ3v) is 3.50. The Balaban J connectivity index is 2.48. The zero-order chi connectivity index (χ0) is 11.3. The highest BCUT2D eigenvalue weighted by molar-refractivity contribution is 4.85. The van der Waals surface area contributed by atoms with E-state index in [2.05, 4.69) is 25.7 Å². The third kappa shape index (κ3) is 3.74. The van der Waals surface area contributed by atoms with E-state index in [4.69, 9.17) is 10.5 Å². The highest BCUT2D eigenvalue weighted by atomic mass is 16.5. The van der Waals surface area contributed by atoms with Gasteiger partial charge in [-0.1, -0.05) is 27.2 Å². The van der Waals surface area contributed by atoms with Crippen LogP contribution in [0.4, 0.5) is 0 Å². The molecule has 3 heteroatoms. The van der Waals surface area contributed by atoms with Crippen LogP contribution >= 0.6 is 0 Å². The Morgan fingerprint density at radius 3 is 2.73 bits per heavy atom. The molecule has 2 N–H and O–H groups in total. The van der Waals surface area contributed by atoms with E-state index < -0.39 is 0 Å². The molecule has 0 aromatic rings. The predicted molar refractivity (Wildman–Crippen MR) is 63.9 cm³/mol. The lowest BCUT2D eigenvalue weighted by atomic mass is 10.0. The van der Waals surface area contributed by atoms with E-state index in [9.17, 15) is 0 Å². The van der Waals surface area contributed by atoms with Gasteiger partial charge in [0.1, 0.15) is 0 Å². The second kappa shape index (κ2) is 6.46. The first kappa shape index (κ1) is 12.9. The molecular weight excluding hydrogens is 188 g/mol. The van der Waals surface area contributed by atoms with Gasteiger partial charge in [-0.15, -0.1) is 0 Å². The Labute approximate surface area is 94.0 Å². The van der Waals surface area contributed by atoms with Crippen molar-refractivity contribution in [2.75, 3.05) is 26.3 Å². The second-order valence-electron chi connectivity index (χ2n) is 4.70. The van der Waals surface area contributed by atoms with Crippen LogP contribution in [0.5, 0.6) is 0 Å². The summed E-state index contributed by atoms with van der Waals surface area (Å²) in [6, 6.07) is 0.723. The van der Waals surface area contributed by atoms with Crippen molar-refractivity contribution in [3.05, 3.63) is 0 Å². The molecule has 1 fully saturated rings. The maximum atomic E-state index is 6.15. The van der Waals surface area contributed by atoms with E-state index >= 15 is 0 Å². The lowest BCUT2D eigenvalue weighted by Crippen LogP contribution is -2.54. The van der Waals surface area contributed by atoms with Gasteiger partial charge in [-0.25, -0.2) is 0 Å². The van der Waals surface area contributed by atoms with Gasteiger partial charge in [-0.2, -0.15) is 0 Å². The minimum absolute atomic E-state index is 0.294. The first-order chi connectivity index (χ1) is 7.19. The van der Waals surface area contributed by atoms with Crippen LogP contribution in [0, 0.1) is 5.92 Å². The standard InChI is InChI=1S/C12H26N2O/c1-4-10(3)8-14(5-2)12-9-15-7-6-11(12)13/h10-12H,4-9,13H2,1-3H3. The molecule has 15 heavy (non-hydrogen) atoms. The van der Waals surface area contributed by atoms with E-state index in [0.29, 0.717) is 12.1 Å². The molecule has 1 heterocycles. The summed E-state index contributed by atoms with van der Waals surface area (Å²) in [5.41, 5.74) is 6.15. The van der Waals surface area contributed by atoms with E-state index in [1.165, 1.54) is 6.42 Å². The van der Waals surface area contributed by atoms with Crippen LogP contribution in [0.25, 0.3) is 0 Å². The number of rotatable bonds is 5. The fourth-order valence-electron chi connectivity index (χ4n) is 2.14. The van der Waals surface area contributed by atoms with Crippen LogP contribution in [0.2, 0.25) is 0 Å². The molecule has 0 aromatic carbocycles. The summed E-state index contributed by atoms with van der Waals surface area (Å²) < 4.78 is 5.53. The van der Waals surface area contributed by atoms with Gasteiger partial charge >= 0.3 is 0 Å². The van der Waals surface area contributed by atoms with Crippen LogP contribution in [0.3, 0.4) is 0 Å². The number of ether oxygens (including phenoxy) is 1. The van der Waals surface area contributed by atoms with E-state index in [0.717, 1.165) is 38.6 Å². The lowest BCUT2D eigenvalue weighted by molar-refractivity contribution is 0.00287. The van der Waals surface area contributed by atoms with Crippen molar-refractivity contribution in [2.45, 2.75) is 45.7 Å². The number of hydrogen-bond acceptors (Lipinski definition) is 3. The minimum Gasteiger partial charge on any atom is -0.380 e. The maximum absolute atomic E-state index is 6.15. The Hall–Kier alpha value is -0.120. The smallest absolute Gasteiger partial charge is 0.0636 e. The molecule has 0 spiro atoms. The van der Waals surface area contributed by atoms with Gasteiger partial charge in [0.15, 0.2) is 0 Å². The van der Waals surface area contributed by atoms with Crippen LogP contribution in [0.15, 0.2) is 0 Å². The van der Waals surface area contributed by atoms with Gasteiger partial charge in [-0.05, 0) is 18.9 Å². The van der Waals surface area contributed by atoms with Gasteiger partial charge in [0.05, 0.1) is 6.61 Å². The number of nitrogens with zero attached hydrogens (tertiary/aromatic N) is 1. The SMILES string of the molecule is CCC(C)CN(CC)C1COCCC1N. The quantitative estimate of drug-likeness (QED) is 0.753. The van der Waals surface area contributed by atoms with Crippen LogP contribution in [0.1, 0.15) is 33.6 Å². The average molecular weight is 214 g/mol. The summed E-state index contributed by atoms with van der Waals surface area (Å²) in [4.78, 5) is 2.48. The van der Waals surface area contributed by atoms with Gasteiger partial charge in [-0.3, -0.25) is 4.90 Å². The van der Waals surface area contributed by atoms with Crippen LogP contribution in [-0.4, -0.2) is 43.3 Å². The summed E-state index contributed by atoms with van der Waals surface area (Å²) in [5.74, 6) is 0.749. The van der Waals surface area contributed by atoms with Crippen molar-refractivity contribution in [3.63, 3.8) is 0 Å². The predicted octanol–water partition coefficient (Wildman–Crippen LogP) is 1.47. The lowest BCUT2D eigenvalue weighted by Gasteiger charge is -2.38. The molecule has 90 valence electrons. The van der Waals surface area contributed by atoms with Crippen molar-refractivity contribution in [2.24, 2.45) is 11.7 Å². The van der Waals surface area contributed by atoms with Crippen LogP contribution < -0.4 is 5.73 Å². The summed E-state index contributed by atoms with van der Waals surface area (Å²) >= 11 is 0. The zero-order valence-corrected chi connectivity index (χ0v) is 10.4. The molecule has 0 radical (unpaired) electrons. The van der Waals surface area contributed by atoms with E-state index in [-0.39, 0.29) is 0 Å². The van der Waals surface area contributed by atoms with Gasteiger partial charge < -0.3 is 10.5 Å². The van der Waals surface area contributed by atoms with Crippen LogP contribution in [-0.2, 0) is 4.74 Å². The Morgan fingerprint density at radius 2 is 2.20 bits per heavy atom. The third-order valence-electron chi connectivity index (χ3n) is 3.50. The number of likely N-dealkylation sites (N-methyl/N-ethyl adjacent to an activating group) is 1. The van der Waals surface area contributed by atoms with Gasteiger partial charge in [0, 0.05) is 25.2 Å². The monoisotopic (exact) mass is 214 g/mol. The summed E-state index contributed by atoms with van der Waals surface area (Å²) in [6.45, 7) is 10.6. The summed E-state index contributed by atoms with van der Waals surface area (Å²) in [5, 5.41) is 0. The summed E-state index contributed by atoms with van der Waals surface area (Å²) in [6.07, 6.45) is 2.24. The molecule has 0 saturated carbocycles. The van der Waals surface area contributed by atoms with Crippen molar-refractivity contribution < 1.29 is 4.74 Å². The average Bonchev–Trinajstić information content (AvgIpc) is 2.26. The number of nitrogens with two attached hydrogens (primary N) is 1. The second-order valence-corrected chi connectivity index (χ2v) is 4.70. The van der Waals surface area contributed by atoms with E-state index in [1.54, 1.807) is 0 Å². The van der Waals surface area contributed by atoms with Crippen molar-refractivity contribution in [1.29, 1.82) is 0 Å². The topological polar surface area (TPSA) is 38.5 Å². The normalized spacial score (nSPS) is 29.4. The minimum atomic E-state index is 0.294. The molecule has 0 amide bonds. The Morgan fingerprint density at radius 1 is 1.47 bits per heavy atom. The maximum Gasteiger partial charge on any atom is 0.0636 e. The molecule has 0 aromatic heterocycles. The fourth-order valence-corrected chi connectivity index (χ4v) is 2.14. The molecular formula is C12H26N2O. The van der Waals surface area contributed by atoms with E-state index in [1.807, 2.05) is 0 Å². The largest absolute Gasteiger partial charge is 0.380 e. The molecule has 3 nitrogen and oxygen atoms in total. The molecule has 1 aliphatic rings.